The molecule has 1 aliphatic carbocycles. The fraction of sp³-hybridized carbons (Fsp3) is 0.647. The second-order valence-corrected chi connectivity index (χ2v) is 7.02. The van der Waals surface area contributed by atoms with Crippen LogP contribution in [0.5, 0.6) is 11.5 Å². The standard InChI is InChI=1S/C17H24BrNO2/c1-2-12-13(17(19)7-4-3-5-8-17)11-14(18)16-15(12)20-9-6-10-21-16/h11H,2-10,19H2,1H3. The number of halogens is 1. The van der Waals surface area contributed by atoms with Crippen molar-refractivity contribution in [1.82, 2.24) is 0 Å². The number of ether oxygens (including phenoxy) is 2. The van der Waals surface area contributed by atoms with Crippen molar-refractivity contribution in [3.05, 3.63) is 21.7 Å². The molecule has 0 amide bonds. The van der Waals surface area contributed by atoms with E-state index in [9.17, 15) is 0 Å². The minimum absolute atomic E-state index is 0.212. The minimum Gasteiger partial charge on any atom is -0.489 e. The molecule has 0 unspecified atom stereocenters. The van der Waals surface area contributed by atoms with Gasteiger partial charge in [0.1, 0.15) is 0 Å². The lowest BCUT2D eigenvalue weighted by Gasteiger charge is -2.36. The normalized spacial score (nSPS) is 20.9. The Hall–Kier alpha value is -0.740. The maximum absolute atomic E-state index is 6.78. The van der Waals surface area contributed by atoms with E-state index in [1.165, 1.54) is 30.4 Å². The van der Waals surface area contributed by atoms with Gasteiger partial charge in [0.25, 0.3) is 0 Å². The molecule has 0 saturated heterocycles. The minimum atomic E-state index is -0.212. The highest BCUT2D eigenvalue weighted by atomic mass is 79.9. The molecule has 116 valence electrons. The first-order valence-corrected chi connectivity index (χ1v) is 8.85. The Morgan fingerprint density at radius 1 is 1.10 bits per heavy atom. The van der Waals surface area contributed by atoms with Crippen molar-refractivity contribution in [2.45, 2.75) is 57.4 Å². The van der Waals surface area contributed by atoms with Crippen LogP contribution in [0.1, 0.15) is 56.6 Å². The highest BCUT2D eigenvalue weighted by molar-refractivity contribution is 9.10. The van der Waals surface area contributed by atoms with Gasteiger partial charge in [0.05, 0.1) is 17.7 Å². The highest BCUT2D eigenvalue weighted by Crippen LogP contribution is 2.47. The SMILES string of the molecule is CCc1c(C2(N)CCCCC2)cc(Br)c2c1OCCCO2. The van der Waals surface area contributed by atoms with Crippen LogP contribution in [-0.4, -0.2) is 13.2 Å². The summed E-state index contributed by atoms with van der Waals surface area (Å²) < 4.78 is 12.9. The molecule has 1 saturated carbocycles. The van der Waals surface area contributed by atoms with Gasteiger partial charge in [-0.3, -0.25) is 0 Å². The molecule has 1 aromatic carbocycles. The van der Waals surface area contributed by atoms with E-state index in [1.807, 2.05) is 0 Å². The van der Waals surface area contributed by atoms with Crippen LogP contribution in [0, 0.1) is 0 Å². The van der Waals surface area contributed by atoms with E-state index in [1.54, 1.807) is 0 Å². The first kappa shape index (κ1) is 15.2. The highest BCUT2D eigenvalue weighted by Gasteiger charge is 2.34. The quantitative estimate of drug-likeness (QED) is 0.862. The molecule has 0 bridgehead atoms. The molecule has 4 heteroatoms. The maximum atomic E-state index is 6.78. The predicted octanol–water partition coefficient (Wildman–Crippen LogP) is 4.29. The van der Waals surface area contributed by atoms with Crippen molar-refractivity contribution in [2.75, 3.05) is 13.2 Å². The summed E-state index contributed by atoms with van der Waals surface area (Å²) >= 11 is 3.66. The Morgan fingerprint density at radius 2 is 1.76 bits per heavy atom. The van der Waals surface area contributed by atoms with Gasteiger partial charge in [-0.1, -0.05) is 26.2 Å². The molecular weight excluding hydrogens is 330 g/mol. The van der Waals surface area contributed by atoms with E-state index in [4.69, 9.17) is 15.2 Å². The molecular formula is C17H24BrNO2. The Labute approximate surface area is 135 Å². The van der Waals surface area contributed by atoms with Crippen LogP contribution in [0.3, 0.4) is 0 Å². The fourth-order valence-electron chi connectivity index (χ4n) is 3.59. The molecule has 1 fully saturated rings. The van der Waals surface area contributed by atoms with Gasteiger partial charge in [-0.05, 0) is 46.8 Å². The van der Waals surface area contributed by atoms with Crippen molar-refractivity contribution < 1.29 is 9.47 Å². The molecule has 2 aliphatic rings. The molecule has 1 heterocycles. The first-order chi connectivity index (χ1) is 10.2. The van der Waals surface area contributed by atoms with Gasteiger partial charge in [-0.15, -0.1) is 0 Å². The summed E-state index contributed by atoms with van der Waals surface area (Å²) in [6.07, 6.45) is 7.70. The Bertz CT molecular complexity index is 524. The number of benzene rings is 1. The molecule has 3 rings (SSSR count). The van der Waals surface area contributed by atoms with Crippen molar-refractivity contribution in [3.63, 3.8) is 0 Å². The summed E-state index contributed by atoms with van der Waals surface area (Å²) in [7, 11) is 0. The molecule has 0 radical (unpaired) electrons. The van der Waals surface area contributed by atoms with E-state index in [0.29, 0.717) is 13.2 Å². The van der Waals surface area contributed by atoms with Crippen LogP contribution in [0.2, 0.25) is 0 Å². The number of hydrogen-bond acceptors (Lipinski definition) is 3. The van der Waals surface area contributed by atoms with Gasteiger partial charge in [0, 0.05) is 17.5 Å². The lowest BCUT2D eigenvalue weighted by Crippen LogP contribution is -2.39. The third kappa shape index (κ3) is 2.80. The summed E-state index contributed by atoms with van der Waals surface area (Å²) in [6, 6.07) is 2.18. The third-order valence-electron chi connectivity index (χ3n) is 4.71. The summed E-state index contributed by atoms with van der Waals surface area (Å²) in [4.78, 5) is 0. The second-order valence-electron chi connectivity index (χ2n) is 6.16. The molecule has 0 spiro atoms. The molecule has 1 aromatic rings. The van der Waals surface area contributed by atoms with Crippen molar-refractivity contribution in [3.8, 4) is 11.5 Å². The van der Waals surface area contributed by atoms with E-state index in [2.05, 4.69) is 28.9 Å². The first-order valence-electron chi connectivity index (χ1n) is 8.06. The maximum Gasteiger partial charge on any atom is 0.175 e. The Kier molecular flexibility index (Phi) is 4.46. The lowest BCUT2D eigenvalue weighted by molar-refractivity contribution is 0.291. The average molecular weight is 354 g/mol. The van der Waals surface area contributed by atoms with Crippen LogP contribution in [0.4, 0.5) is 0 Å². The van der Waals surface area contributed by atoms with Gasteiger partial charge in [-0.2, -0.15) is 0 Å². The summed E-state index contributed by atoms with van der Waals surface area (Å²) in [5.74, 6) is 1.77. The van der Waals surface area contributed by atoms with E-state index >= 15 is 0 Å². The monoisotopic (exact) mass is 353 g/mol. The molecule has 2 N–H and O–H groups in total. The van der Waals surface area contributed by atoms with Crippen molar-refractivity contribution in [1.29, 1.82) is 0 Å². The number of fused-ring (bicyclic) bond motifs is 1. The number of hydrogen-bond donors (Lipinski definition) is 1. The van der Waals surface area contributed by atoms with Crippen LogP contribution in [-0.2, 0) is 12.0 Å². The number of nitrogens with two attached hydrogens (primary N) is 1. The molecule has 1 aliphatic heterocycles. The van der Waals surface area contributed by atoms with Crippen LogP contribution >= 0.6 is 15.9 Å². The molecule has 21 heavy (non-hydrogen) atoms. The third-order valence-corrected chi connectivity index (χ3v) is 5.30. The molecule has 0 aromatic heterocycles. The van der Waals surface area contributed by atoms with Crippen molar-refractivity contribution in [2.24, 2.45) is 5.73 Å². The van der Waals surface area contributed by atoms with E-state index < -0.39 is 0 Å². The summed E-state index contributed by atoms with van der Waals surface area (Å²) in [6.45, 7) is 3.60. The largest absolute Gasteiger partial charge is 0.489 e. The predicted molar refractivity (Wildman–Crippen MR) is 88.1 cm³/mol. The average Bonchev–Trinajstić information content (AvgIpc) is 2.74. The molecule has 3 nitrogen and oxygen atoms in total. The Morgan fingerprint density at radius 3 is 2.43 bits per heavy atom. The topological polar surface area (TPSA) is 44.5 Å². The van der Waals surface area contributed by atoms with Gasteiger partial charge >= 0.3 is 0 Å². The second kappa shape index (κ2) is 6.17. The van der Waals surface area contributed by atoms with Crippen LogP contribution in [0.25, 0.3) is 0 Å². The van der Waals surface area contributed by atoms with Crippen molar-refractivity contribution >= 4 is 15.9 Å². The Balaban J connectivity index is 2.12. The van der Waals surface area contributed by atoms with Gasteiger partial charge < -0.3 is 15.2 Å². The zero-order valence-corrected chi connectivity index (χ0v) is 14.3. The zero-order chi connectivity index (χ0) is 14.9. The molecule has 0 atom stereocenters. The van der Waals surface area contributed by atoms with E-state index in [-0.39, 0.29) is 5.54 Å². The van der Waals surface area contributed by atoms with E-state index in [0.717, 1.165) is 41.7 Å². The van der Waals surface area contributed by atoms with Crippen LogP contribution in [0.15, 0.2) is 10.5 Å². The van der Waals surface area contributed by atoms with Crippen LogP contribution < -0.4 is 15.2 Å². The summed E-state index contributed by atoms with van der Waals surface area (Å²) in [5, 5.41) is 0. The van der Waals surface area contributed by atoms with Gasteiger partial charge in [-0.25, -0.2) is 0 Å². The van der Waals surface area contributed by atoms with Gasteiger partial charge in [0.2, 0.25) is 0 Å². The smallest absolute Gasteiger partial charge is 0.175 e. The van der Waals surface area contributed by atoms with Gasteiger partial charge in [0.15, 0.2) is 11.5 Å². The zero-order valence-electron chi connectivity index (χ0n) is 12.7. The number of rotatable bonds is 2. The lowest BCUT2D eigenvalue weighted by atomic mass is 9.75. The summed E-state index contributed by atoms with van der Waals surface area (Å²) in [5.41, 5.74) is 9.06. The fourth-order valence-corrected chi connectivity index (χ4v) is 4.11.